The molecule has 0 amide bonds. The van der Waals surface area contributed by atoms with Gasteiger partial charge in [0.15, 0.2) is 0 Å². The lowest BCUT2D eigenvalue weighted by molar-refractivity contribution is 0.427. The van der Waals surface area contributed by atoms with E-state index in [1.54, 1.807) is 0 Å². The SMILES string of the molecule is C=C(C)C(=S)NCC(C)(C)NC(=C)C(=C)N. The lowest BCUT2D eigenvalue weighted by Crippen LogP contribution is -2.48. The van der Waals surface area contributed by atoms with Crippen molar-refractivity contribution in [3.63, 3.8) is 0 Å². The van der Waals surface area contributed by atoms with Gasteiger partial charge in [0.25, 0.3) is 0 Å². The van der Waals surface area contributed by atoms with Gasteiger partial charge in [-0.05, 0) is 26.3 Å². The minimum atomic E-state index is -0.209. The summed E-state index contributed by atoms with van der Waals surface area (Å²) in [6, 6.07) is 0. The normalized spacial score (nSPS) is 10.4. The molecule has 4 heteroatoms. The van der Waals surface area contributed by atoms with Crippen LogP contribution in [-0.4, -0.2) is 17.1 Å². The summed E-state index contributed by atoms with van der Waals surface area (Å²) in [6.45, 7) is 17.8. The fourth-order valence-corrected chi connectivity index (χ4v) is 1.06. The van der Waals surface area contributed by atoms with Crippen LogP contribution in [0.4, 0.5) is 0 Å². The third-order valence-corrected chi connectivity index (χ3v) is 2.45. The zero-order chi connectivity index (χ0) is 12.9. The zero-order valence-electron chi connectivity index (χ0n) is 10.3. The molecule has 0 rings (SSSR count). The molecule has 3 nitrogen and oxygen atoms in total. The second kappa shape index (κ2) is 5.70. The van der Waals surface area contributed by atoms with Crippen molar-refractivity contribution in [3.05, 3.63) is 36.7 Å². The summed E-state index contributed by atoms with van der Waals surface area (Å²) in [4.78, 5) is 0.673. The van der Waals surface area contributed by atoms with Crippen LogP contribution in [0.3, 0.4) is 0 Å². The molecule has 0 fully saturated rings. The molecule has 0 aliphatic rings. The second-order valence-electron chi connectivity index (χ2n) is 4.48. The summed E-state index contributed by atoms with van der Waals surface area (Å²) in [5, 5.41) is 6.30. The van der Waals surface area contributed by atoms with Crippen molar-refractivity contribution >= 4 is 17.2 Å². The lowest BCUT2D eigenvalue weighted by atomic mass is 10.0. The molecule has 0 spiro atoms. The van der Waals surface area contributed by atoms with Gasteiger partial charge in [-0.15, -0.1) is 0 Å². The zero-order valence-corrected chi connectivity index (χ0v) is 11.1. The van der Waals surface area contributed by atoms with E-state index in [0.29, 0.717) is 22.9 Å². The molecule has 0 aliphatic carbocycles. The topological polar surface area (TPSA) is 50.1 Å². The van der Waals surface area contributed by atoms with Crippen LogP contribution < -0.4 is 16.4 Å². The molecule has 0 aliphatic heterocycles. The number of hydrogen-bond donors (Lipinski definition) is 3. The van der Waals surface area contributed by atoms with E-state index < -0.39 is 0 Å². The van der Waals surface area contributed by atoms with Crippen molar-refractivity contribution in [2.45, 2.75) is 26.3 Å². The maximum Gasteiger partial charge on any atom is 0.101 e. The molecule has 90 valence electrons. The first-order valence-electron chi connectivity index (χ1n) is 5.01. The first-order chi connectivity index (χ1) is 7.15. The molecule has 4 N–H and O–H groups in total. The van der Waals surface area contributed by atoms with Crippen molar-refractivity contribution in [2.24, 2.45) is 5.73 Å². The fourth-order valence-electron chi connectivity index (χ4n) is 0.985. The van der Waals surface area contributed by atoms with Crippen molar-refractivity contribution in [3.8, 4) is 0 Å². The van der Waals surface area contributed by atoms with Crippen LogP contribution in [0.1, 0.15) is 20.8 Å². The minimum Gasteiger partial charge on any atom is -0.398 e. The van der Waals surface area contributed by atoms with Crippen LogP contribution in [0, 0.1) is 0 Å². The van der Waals surface area contributed by atoms with Crippen LogP contribution >= 0.6 is 12.2 Å². The maximum absolute atomic E-state index is 5.53. The fraction of sp³-hybridized carbons (Fsp3) is 0.417. The van der Waals surface area contributed by atoms with Crippen molar-refractivity contribution < 1.29 is 0 Å². The van der Waals surface area contributed by atoms with Crippen LogP contribution in [0.25, 0.3) is 0 Å². The summed E-state index contributed by atoms with van der Waals surface area (Å²) < 4.78 is 0. The first kappa shape index (κ1) is 14.7. The second-order valence-corrected chi connectivity index (χ2v) is 4.88. The van der Waals surface area contributed by atoms with Crippen LogP contribution in [-0.2, 0) is 0 Å². The average Bonchev–Trinajstić information content (AvgIpc) is 2.13. The summed E-state index contributed by atoms with van der Waals surface area (Å²) in [6.07, 6.45) is 0. The first-order valence-corrected chi connectivity index (χ1v) is 5.42. The average molecular weight is 239 g/mol. The van der Waals surface area contributed by atoms with E-state index in [-0.39, 0.29) is 5.54 Å². The summed E-state index contributed by atoms with van der Waals surface area (Å²) in [5.41, 5.74) is 7.25. The Bertz CT molecular complexity index is 329. The van der Waals surface area contributed by atoms with Gasteiger partial charge in [-0.3, -0.25) is 0 Å². The third kappa shape index (κ3) is 5.56. The lowest BCUT2D eigenvalue weighted by Gasteiger charge is -2.29. The Morgan fingerprint density at radius 1 is 1.31 bits per heavy atom. The molecule has 0 radical (unpaired) electrons. The molecule has 0 bridgehead atoms. The number of rotatable bonds is 6. The van der Waals surface area contributed by atoms with Gasteiger partial charge in [-0.2, -0.15) is 0 Å². The molecular formula is C12H21N3S. The van der Waals surface area contributed by atoms with Gasteiger partial charge in [-0.25, -0.2) is 0 Å². The van der Waals surface area contributed by atoms with Gasteiger partial charge in [0.05, 0.1) is 0 Å². The highest BCUT2D eigenvalue weighted by atomic mass is 32.1. The highest BCUT2D eigenvalue weighted by Gasteiger charge is 2.18. The molecule has 0 aromatic carbocycles. The standard InChI is InChI=1S/C12H21N3S/c1-8(2)11(16)14-7-12(5,6)15-10(4)9(3)13/h15H,1,3-4,7,13H2,2,5-6H3,(H,14,16). The van der Waals surface area contributed by atoms with E-state index in [4.69, 9.17) is 18.0 Å². The van der Waals surface area contributed by atoms with E-state index in [1.165, 1.54) is 0 Å². The van der Waals surface area contributed by atoms with E-state index in [9.17, 15) is 0 Å². The number of hydrogen-bond acceptors (Lipinski definition) is 3. The van der Waals surface area contributed by atoms with Crippen LogP contribution in [0.5, 0.6) is 0 Å². The summed E-state index contributed by atoms with van der Waals surface area (Å²) >= 11 is 5.11. The van der Waals surface area contributed by atoms with Gasteiger partial charge in [0, 0.05) is 23.5 Å². The summed E-state index contributed by atoms with van der Waals surface area (Å²) in [5.74, 6) is 0. The highest BCUT2D eigenvalue weighted by molar-refractivity contribution is 7.80. The Hall–Kier alpha value is -1.29. The maximum atomic E-state index is 5.53. The third-order valence-electron chi connectivity index (χ3n) is 1.96. The Balaban J connectivity index is 4.25. The minimum absolute atomic E-state index is 0.209. The highest BCUT2D eigenvalue weighted by Crippen LogP contribution is 2.06. The predicted molar refractivity (Wildman–Crippen MR) is 75.1 cm³/mol. The Morgan fingerprint density at radius 2 is 1.81 bits per heavy atom. The van der Waals surface area contributed by atoms with E-state index in [1.807, 2.05) is 20.8 Å². The van der Waals surface area contributed by atoms with E-state index in [2.05, 4.69) is 30.4 Å². The molecule has 0 aromatic heterocycles. The molecule has 16 heavy (non-hydrogen) atoms. The Labute approximate surface area is 103 Å². The summed E-state index contributed by atoms with van der Waals surface area (Å²) in [7, 11) is 0. The molecule has 0 saturated carbocycles. The monoisotopic (exact) mass is 239 g/mol. The number of nitrogens with one attached hydrogen (secondary N) is 2. The van der Waals surface area contributed by atoms with Gasteiger partial charge in [0.1, 0.15) is 4.99 Å². The van der Waals surface area contributed by atoms with Gasteiger partial charge < -0.3 is 16.4 Å². The van der Waals surface area contributed by atoms with Gasteiger partial charge in [-0.1, -0.05) is 32.0 Å². The number of nitrogens with two attached hydrogens (primary N) is 1. The quantitative estimate of drug-likeness (QED) is 0.376. The molecular weight excluding hydrogens is 218 g/mol. The van der Waals surface area contributed by atoms with Gasteiger partial charge >= 0.3 is 0 Å². The number of thiocarbonyl (C=S) groups is 1. The molecule has 0 atom stereocenters. The molecule has 0 heterocycles. The van der Waals surface area contributed by atoms with Crippen LogP contribution in [0.15, 0.2) is 36.7 Å². The molecule has 0 saturated heterocycles. The van der Waals surface area contributed by atoms with E-state index in [0.717, 1.165) is 5.57 Å². The van der Waals surface area contributed by atoms with E-state index >= 15 is 0 Å². The molecule has 0 unspecified atom stereocenters. The van der Waals surface area contributed by atoms with Crippen molar-refractivity contribution in [2.75, 3.05) is 6.54 Å². The van der Waals surface area contributed by atoms with Crippen molar-refractivity contribution in [1.29, 1.82) is 0 Å². The van der Waals surface area contributed by atoms with Crippen molar-refractivity contribution in [1.82, 2.24) is 10.6 Å². The largest absolute Gasteiger partial charge is 0.398 e. The smallest absolute Gasteiger partial charge is 0.101 e. The van der Waals surface area contributed by atoms with Gasteiger partial charge in [0.2, 0.25) is 0 Å². The predicted octanol–water partition coefficient (Wildman–Crippen LogP) is 1.83. The van der Waals surface area contributed by atoms with Crippen LogP contribution in [0.2, 0.25) is 0 Å². The Morgan fingerprint density at radius 3 is 2.19 bits per heavy atom. The Kier molecular flexibility index (Phi) is 5.24. The molecule has 0 aromatic rings.